The van der Waals surface area contributed by atoms with E-state index in [0.29, 0.717) is 10.7 Å². The SMILES string of the molecule is Cc1cnc(C(=S)Cl)c(Cl)c1. The minimum absolute atomic E-state index is 0.204. The van der Waals surface area contributed by atoms with Crippen LogP contribution in [0.15, 0.2) is 12.3 Å². The van der Waals surface area contributed by atoms with Crippen molar-refractivity contribution in [2.24, 2.45) is 0 Å². The first-order chi connectivity index (χ1) is 5.11. The number of aryl methyl sites for hydroxylation is 1. The van der Waals surface area contributed by atoms with E-state index in [0.717, 1.165) is 5.56 Å². The van der Waals surface area contributed by atoms with Crippen molar-refractivity contribution in [1.82, 2.24) is 4.98 Å². The number of thiocarbonyl (C=S) groups is 1. The molecule has 0 saturated carbocycles. The Labute approximate surface area is 80.3 Å². The van der Waals surface area contributed by atoms with Gasteiger partial charge in [0.2, 0.25) is 0 Å². The minimum atomic E-state index is 0.204. The van der Waals surface area contributed by atoms with Gasteiger partial charge in [0.1, 0.15) is 10.0 Å². The van der Waals surface area contributed by atoms with E-state index in [-0.39, 0.29) is 4.32 Å². The maximum Gasteiger partial charge on any atom is 0.131 e. The second-order valence-electron chi connectivity index (χ2n) is 2.12. The van der Waals surface area contributed by atoms with Crippen LogP contribution in [0.2, 0.25) is 5.02 Å². The highest BCUT2D eigenvalue weighted by molar-refractivity contribution is 7.83. The summed E-state index contributed by atoms with van der Waals surface area (Å²) in [7, 11) is 0. The standard InChI is InChI=1S/C7H5Cl2NS/c1-4-2-5(8)6(7(9)11)10-3-4/h2-3H,1H3. The number of pyridine rings is 1. The van der Waals surface area contributed by atoms with Crippen LogP contribution in [0.25, 0.3) is 0 Å². The van der Waals surface area contributed by atoms with Gasteiger partial charge in [-0.15, -0.1) is 0 Å². The molecule has 0 aliphatic carbocycles. The lowest BCUT2D eigenvalue weighted by Crippen LogP contribution is -1.93. The van der Waals surface area contributed by atoms with Gasteiger partial charge in [-0.3, -0.25) is 4.98 Å². The second kappa shape index (κ2) is 3.48. The molecule has 0 aliphatic rings. The molecule has 0 bridgehead atoms. The Morgan fingerprint density at radius 3 is 2.73 bits per heavy atom. The zero-order valence-electron chi connectivity index (χ0n) is 5.77. The highest BCUT2D eigenvalue weighted by atomic mass is 35.5. The molecule has 0 aromatic carbocycles. The zero-order valence-corrected chi connectivity index (χ0v) is 8.09. The summed E-state index contributed by atoms with van der Waals surface area (Å²) in [6, 6.07) is 1.78. The van der Waals surface area contributed by atoms with Gasteiger partial charge >= 0.3 is 0 Å². The smallest absolute Gasteiger partial charge is 0.131 e. The molecule has 1 heterocycles. The molecule has 0 fully saturated rings. The predicted octanol–water partition coefficient (Wildman–Crippen LogP) is 2.96. The van der Waals surface area contributed by atoms with E-state index in [1.165, 1.54) is 0 Å². The molecule has 0 unspecified atom stereocenters. The van der Waals surface area contributed by atoms with Crippen molar-refractivity contribution >= 4 is 39.7 Å². The van der Waals surface area contributed by atoms with Gasteiger partial charge in [0.25, 0.3) is 0 Å². The lowest BCUT2D eigenvalue weighted by atomic mass is 10.3. The molecule has 1 rings (SSSR count). The molecule has 0 atom stereocenters. The van der Waals surface area contributed by atoms with Gasteiger partial charge in [-0.2, -0.15) is 0 Å². The number of aromatic nitrogens is 1. The lowest BCUT2D eigenvalue weighted by Gasteiger charge is -1.98. The normalized spacial score (nSPS) is 9.73. The minimum Gasteiger partial charge on any atom is -0.253 e. The molecule has 0 aliphatic heterocycles. The summed E-state index contributed by atoms with van der Waals surface area (Å²) >= 11 is 16.0. The monoisotopic (exact) mass is 205 g/mol. The van der Waals surface area contributed by atoms with E-state index in [1.807, 2.05) is 6.92 Å². The third-order valence-electron chi connectivity index (χ3n) is 1.16. The fourth-order valence-electron chi connectivity index (χ4n) is 0.678. The first-order valence-corrected chi connectivity index (χ1v) is 4.09. The summed E-state index contributed by atoms with van der Waals surface area (Å²) in [5.41, 5.74) is 1.47. The fourth-order valence-corrected chi connectivity index (χ4v) is 1.41. The van der Waals surface area contributed by atoms with Gasteiger partial charge in [-0.25, -0.2) is 0 Å². The Balaban J connectivity index is 3.20. The summed E-state index contributed by atoms with van der Waals surface area (Å²) in [6.07, 6.45) is 1.68. The summed E-state index contributed by atoms with van der Waals surface area (Å²) in [6.45, 7) is 1.90. The van der Waals surface area contributed by atoms with Crippen LogP contribution in [0, 0.1) is 6.92 Å². The van der Waals surface area contributed by atoms with Crippen molar-refractivity contribution in [3.8, 4) is 0 Å². The zero-order chi connectivity index (χ0) is 8.43. The second-order valence-corrected chi connectivity index (χ2v) is 3.53. The number of hydrogen-bond donors (Lipinski definition) is 0. The molecule has 0 amide bonds. The van der Waals surface area contributed by atoms with Gasteiger partial charge in [0.15, 0.2) is 0 Å². The first-order valence-electron chi connectivity index (χ1n) is 2.93. The molecule has 1 aromatic rings. The van der Waals surface area contributed by atoms with Crippen molar-refractivity contribution in [1.29, 1.82) is 0 Å². The third kappa shape index (κ3) is 2.12. The highest BCUT2D eigenvalue weighted by Crippen LogP contribution is 2.16. The Bertz CT molecular complexity index is 298. The Kier molecular flexibility index (Phi) is 2.82. The quantitative estimate of drug-likeness (QED) is 0.517. The molecule has 0 saturated heterocycles. The first kappa shape index (κ1) is 8.91. The number of rotatable bonds is 1. The third-order valence-corrected chi connectivity index (χ3v) is 1.82. The Morgan fingerprint density at radius 2 is 2.27 bits per heavy atom. The van der Waals surface area contributed by atoms with E-state index in [1.54, 1.807) is 12.3 Å². The van der Waals surface area contributed by atoms with Gasteiger partial charge in [-0.05, 0) is 18.6 Å². The molecule has 0 radical (unpaired) electrons. The molecular weight excluding hydrogens is 201 g/mol. The van der Waals surface area contributed by atoms with Crippen molar-refractivity contribution in [3.63, 3.8) is 0 Å². The van der Waals surface area contributed by atoms with Gasteiger partial charge in [-0.1, -0.05) is 35.4 Å². The van der Waals surface area contributed by atoms with E-state index >= 15 is 0 Å². The van der Waals surface area contributed by atoms with Crippen molar-refractivity contribution in [2.75, 3.05) is 0 Å². The molecule has 4 heteroatoms. The van der Waals surface area contributed by atoms with E-state index in [2.05, 4.69) is 4.98 Å². The van der Waals surface area contributed by atoms with E-state index in [4.69, 9.17) is 35.4 Å². The highest BCUT2D eigenvalue weighted by Gasteiger charge is 2.04. The summed E-state index contributed by atoms with van der Waals surface area (Å²) < 4.78 is 0.204. The van der Waals surface area contributed by atoms with Crippen LogP contribution in [-0.4, -0.2) is 9.31 Å². The molecule has 0 N–H and O–H groups in total. The van der Waals surface area contributed by atoms with Crippen LogP contribution in [0.1, 0.15) is 11.3 Å². The van der Waals surface area contributed by atoms with Crippen LogP contribution >= 0.6 is 35.4 Å². The average molecular weight is 206 g/mol. The van der Waals surface area contributed by atoms with Crippen LogP contribution < -0.4 is 0 Å². The summed E-state index contributed by atoms with van der Waals surface area (Å²) in [5, 5.41) is 0.505. The fraction of sp³-hybridized carbons (Fsp3) is 0.143. The van der Waals surface area contributed by atoms with Crippen LogP contribution in [-0.2, 0) is 0 Å². The van der Waals surface area contributed by atoms with Gasteiger partial charge in [0.05, 0.1) is 5.02 Å². The van der Waals surface area contributed by atoms with Crippen molar-refractivity contribution < 1.29 is 0 Å². The maximum absolute atomic E-state index is 5.79. The van der Waals surface area contributed by atoms with Crippen molar-refractivity contribution in [2.45, 2.75) is 6.92 Å². The van der Waals surface area contributed by atoms with Crippen LogP contribution in [0.3, 0.4) is 0 Å². The molecule has 1 nitrogen and oxygen atoms in total. The molecule has 0 spiro atoms. The molecular formula is C7H5Cl2NS. The maximum atomic E-state index is 5.79. The van der Waals surface area contributed by atoms with Crippen LogP contribution in [0.5, 0.6) is 0 Å². The summed E-state index contributed by atoms with van der Waals surface area (Å²) in [5.74, 6) is 0. The molecule has 11 heavy (non-hydrogen) atoms. The number of halogens is 2. The lowest BCUT2D eigenvalue weighted by molar-refractivity contribution is 1.25. The predicted molar refractivity (Wildman–Crippen MR) is 51.5 cm³/mol. The number of hydrogen-bond acceptors (Lipinski definition) is 2. The largest absolute Gasteiger partial charge is 0.253 e. The average Bonchev–Trinajstić information content (AvgIpc) is 1.85. The van der Waals surface area contributed by atoms with Gasteiger partial charge in [0, 0.05) is 6.20 Å². The van der Waals surface area contributed by atoms with E-state index in [9.17, 15) is 0 Å². The van der Waals surface area contributed by atoms with Crippen LogP contribution in [0.4, 0.5) is 0 Å². The summed E-state index contributed by atoms with van der Waals surface area (Å²) in [4.78, 5) is 3.97. The van der Waals surface area contributed by atoms with Crippen molar-refractivity contribution in [3.05, 3.63) is 28.5 Å². The Hall–Kier alpha value is -0.180. The van der Waals surface area contributed by atoms with Gasteiger partial charge < -0.3 is 0 Å². The topological polar surface area (TPSA) is 12.9 Å². The number of nitrogens with zero attached hydrogens (tertiary/aromatic N) is 1. The Morgan fingerprint density at radius 1 is 1.64 bits per heavy atom. The molecule has 1 aromatic heterocycles. The molecule has 58 valence electrons. The van der Waals surface area contributed by atoms with E-state index < -0.39 is 0 Å².